The number of aromatic nitrogens is 5. The van der Waals surface area contributed by atoms with Crippen LogP contribution in [0, 0.1) is 100 Å². The summed E-state index contributed by atoms with van der Waals surface area (Å²) in [4.78, 5) is 19.7. The van der Waals surface area contributed by atoms with Crippen LogP contribution in [0.1, 0.15) is 38.5 Å². The van der Waals surface area contributed by atoms with Crippen LogP contribution in [0.4, 0.5) is 0 Å². The molecule has 18 heteroatoms. The zero-order valence-corrected chi connectivity index (χ0v) is 47.4. The molecule has 0 unspecified atom stereocenters. The number of nitrogens with one attached hydrogen (secondary N) is 1. The maximum absolute atomic E-state index is 4.83. The summed E-state index contributed by atoms with van der Waals surface area (Å²) in [6.45, 7) is 13.8. The van der Waals surface area contributed by atoms with E-state index in [4.69, 9.17) is 8.83 Å². The molecule has 0 fully saturated rings. The Bertz CT molecular complexity index is 1130. The maximum Gasteiger partial charge on any atom is 0.180 e. The standard InChI is InChI=1S/C5H7N.C5H6O.C5H6S.2C4H5NO.2C4H5NS.7CH3.7V/c3*1-5-3-2-4-6-5;1-4-2-6-3-5-4;1-4-2-5-3-6-4;1-4-2-6-3-5-4;1-4-5-2-3-6-4;;;;;;;;;;;;;;/h2-4,6H,1H3;2*2-4H,1H3;4*2-3H,1H3;7*1H3;;;;;;;/q;;;;;;;7*-1;;;;;;;. The van der Waals surface area contributed by atoms with Crippen LogP contribution in [0.3, 0.4) is 0 Å². The van der Waals surface area contributed by atoms with Crippen molar-refractivity contribution in [2.24, 2.45) is 0 Å². The average Bonchev–Trinajstić information content (AvgIpc) is 3.79. The normalized spacial score (nSPS) is 6.62. The van der Waals surface area contributed by atoms with Gasteiger partial charge in [0, 0.05) is 169 Å². The number of furan rings is 1. The van der Waals surface area contributed by atoms with Gasteiger partial charge in [0.2, 0.25) is 0 Å². The van der Waals surface area contributed by atoms with E-state index in [1.54, 1.807) is 58.9 Å². The summed E-state index contributed by atoms with van der Waals surface area (Å²) in [5, 5.41) is 7.19. The minimum Gasteiger partial charge on any atom is -0.470 e. The number of hydrogen-bond donors (Lipinski definition) is 1. The summed E-state index contributed by atoms with van der Waals surface area (Å²) in [5.74, 6) is 1.82. The largest absolute Gasteiger partial charge is 0.470 e. The van der Waals surface area contributed by atoms with E-state index in [-0.39, 0.29) is 182 Å². The fourth-order valence-electron chi connectivity index (χ4n) is 2.26. The first-order valence-electron chi connectivity index (χ1n) is 12.8. The second kappa shape index (κ2) is 66.8. The Hall–Kier alpha value is 0.0309. The van der Waals surface area contributed by atoms with Crippen molar-refractivity contribution in [2.45, 2.75) is 48.5 Å². The Labute approximate surface area is 437 Å². The van der Waals surface area contributed by atoms with E-state index in [1.165, 1.54) is 23.4 Å². The molecule has 7 radical (unpaired) electrons. The van der Waals surface area contributed by atoms with Crippen LogP contribution in [-0.2, 0) is 130 Å². The SMILES string of the molecule is Cc1ccc[nH]1.Cc1ccco1.Cc1cccs1.Cc1cnco1.Cc1cocn1.Cc1cscn1.Cc1nccs1.[CH3-].[CH3-].[CH3-].[CH3-].[CH3-].[CH3-].[CH3-].[V].[V].[V].[V].[V].[V].[V]. The Balaban J connectivity index is -0.0000000294. The molecule has 8 nitrogen and oxygen atoms in total. The minimum atomic E-state index is 0. The zero-order chi connectivity index (χ0) is 30.8. The Kier molecular flexibility index (Phi) is 115. The van der Waals surface area contributed by atoms with Crippen molar-refractivity contribution in [1.82, 2.24) is 24.9 Å². The second-order valence-electron chi connectivity index (χ2n) is 8.22. The number of thiazole rings is 2. The summed E-state index contributed by atoms with van der Waals surface area (Å²) in [6, 6.07) is 12.0. The first-order chi connectivity index (χ1) is 20.3. The summed E-state index contributed by atoms with van der Waals surface area (Å²) in [6.07, 6.45) is 11.5. The Morgan fingerprint density at radius 1 is 0.589 bits per heavy atom. The van der Waals surface area contributed by atoms with E-state index in [0.717, 1.165) is 27.9 Å². The second-order valence-corrected chi connectivity index (χ2v) is 11.2. The molecule has 7 aromatic rings. The first-order valence-corrected chi connectivity index (χ1v) is 15.5. The number of thiophene rings is 1. The molecule has 0 atom stereocenters. The van der Waals surface area contributed by atoms with Gasteiger partial charge in [-0.05, 0) is 84.2 Å². The van der Waals surface area contributed by atoms with Crippen LogP contribution in [0.2, 0.25) is 0 Å². The molecule has 0 aliphatic heterocycles. The van der Waals surface area contributed by atoms with E-state index in [9.17, 15) is 0 Å². The summed E-state index contributed by atoms with van der Waals surface area (Å²) >= 11 is 5.07. The number of H-pyrrole nitrogens is 1. The van der Waals surface area contributed by atoms with E-state index < -0.39 is 0 Å². The van der Waals surface area contributed by atoms with Gasteiger partial charge in [0.15, 0.2) is 12.8 Å². The number of aryl methyl sites for hydroxylation is 7. The zero-order valence-electron chi connectivity index (χ0n) is 35.2. The molecule has 1 N–H and O–H groups in total. The van der Waals surface area contributed by atoms with Crippen molar-refractivity contribution in [1.29, 1.82) is 0 Å². The summed E-state index contributed by atoms with van der Waals surface area (Å²) < 4.78 is 14.2. The molecule has 0 aromatic carbocycles. The smallest absolute Gasteiger partial charge is 0.180 e. The average molecular weight is 1090 g/mol. The van der Waals surface area contributed by atoms with Gasteiger partial charge in [0.25, 0.3) is 0 Å². The van der Waals surface area contributed by atoms with Gasteiger partial charge in [-0.3, -0.25) is 9.97 Å². The first kappa shape index (κ1) is 96.1. The third kappa shape index (κ3) is 63.2. The molecular weight excluding hydrogens is 1030 g/mol. The Morgan fingerprint density at radius 2 is 1.21 bits per heavy atom. The van der Waals surface area contributed by atoms with Gasteiger partial charge in [0.05, 0.1) is 28.7 Å². The van der Waals surface area contributed by atoms with Crippen LogP contribution in [0.25, 0.3) is 0 Å². The third-order valence-electron chi connectivity index (χ3n) is 4.30. The van der Waals surface area contributed by atoms with Gasteiger partial charge in [0.1, 0.15) is 17.8 Å². The molecule has 0 spiro atoms. The molecule has 0 saturated heterocycles. The molecule has 7 rings (SSSR count). The number of hydrogen-bond acceptors (Lipinski definition) is 10. The monoisotopic (exact) mass is 1090 g/mol. The molecule has 7 heterocycles. The molecule has 7 aromatic heterocycles. The van der Waals surface area contributed by atoms with Crippen LogP contribution in [0.5, 0.6) is 0 Å². The van der Waals surface area contributed by atoms with E-state index >= 15 is 0 Å². The van der Waals surface area contributed by atoms with E-state index in [0.29, 0.717) is 0 Å². The molecule has 0 aliphatic rings. The number of rotatable bonds is 0. The molecule has 0 amide bonds. The fourth-order valence-corrected chi connectivity index (χ4v) is 3.78. The van der Waals surface area contributed by atoms with Crippen molar-refractivity contribution >= 4 is 34.0 Å². The van der Waals surface area contributed by atoms with Crippen LogP contribution in [-0.4, -0.2) is 24.9 Å². The predicted octanol–water partition coefficient (Wildman–Crippen LogP) is 13.0. The van der Waals surface area contributed by atoms with Crippen LogP contribution < -0.4 is 0 Å². The predicted molar refractivity (Wildman–Crippen MR) is 219 cm³/mol. The fraction of sp³-hybridized carbons (Fsp3) is 0.184. The van der Waals surface area contributed by atoms with Gasteiger partial charge in [-0.1, -0.05) is 6.07 Å². The van der Waals surface area contributed by atoms with Gasteiger partial charge in [-0.15, -0.1) is 34.0 Å². The van der Waals surface area contributed by atoms with Gasteiger partial charge in [-0.2, -0.15) is 0 Å². The molecule has 0 saturated carbocycles. The number of oxazole rings is 2. The number of nitrogens with zero attached hydrogens (tertiary/aromatic N) is 4. The topological polar surface area (TPSA) is 107 Å². The van der Waals surface area contributed by atoms with E-state index in [1.807, 2.05) is 88.3 Å². The summed E-state index contributed by atoms with van der Waals surface area (Å²) in [7, 11) is 0. The van der Waals surface area contributed by atoms with Gasteiger partial charge < -0.3 is 70.2 Å². The van der Waals surface area contributed by atoms with Crippen LogP contribution >= 0.6 is 34.0 Å². The van der Waals surface area contributed by atoms with E-state index in [2.05, 4.69) is 53.8 Å². The molecular formula is C38H60N5O3S3V7-7. The number of aromatic amines is 1. The maximum atomic E-state index is 4.83. The third-order valence-corrected chi connectivity index (χ3v) is 6.51. The molecule has 56 heavy (non-hydrogen) atoms. The van der Waals surface area contributed by atoms with Crippen molar-refractivity contribution in [3.63, 3.8) is 0 Å². The summed E-state index contributed by atoms with van der Waals surface area (Å²) in [5.41, 5.74) is 5.08. The van der Waals surface area contributed by atoms with Crippen molar-refractivity contribution in [3.8, 4) is 0 Å². The van der Waals surface area contributed by atoms with Crippen molar-refractivity contribution in [2.75, 3.05) is 0 Å². The molecule has 0 bridgehead atoms. The molecule has 315 valence electrons. The van der Waals surface area contributed by atoms with Gasteiger partial charge in [-0.25, -0.2) is 9.97 Å². The van der Waals surface area contributed by atoms with Gasteiger partial charge >= 0.3 is 0 Å². The van der Waals surface area contributed by atoms with Crippen molar-refractivity contribution < 1.29 is 143 Å². The quantitative estimate of drug-likeness (QED) is 0.151. The minimum absolute atomic E-state index is 0. The Morgan fingerprint density at radius 3 is 1.34 bits per heavy atom. The van der Waals surface area contributed by atoms with Crippen molar-refractivity contribution in [3.05, 3.63) is 192 Å². The van der Waals surface area contributed by atoms with Crippen LogP contribution in [0.15, 0.2) is 115 Å². The molecule has 0 aliphatic carbocycles.